The van der Waals surface area contributed by atoms with Gasteiger partial charge >= 0.3 is 0 Å². The smallest absolute Gasteiger partial charge is 0.0316 e. The summed E-state index contributed by atoms with van der Waals surface area (Å²) in [5.74, 6) is 0.964. The summed E-state index contributed by atoms with van der Waals surface area (Å²) in [4.78, 5) is 2.69. The Labute approximate surface area is 80.5 Å². The minimum atomic E-state index is 0.242. The van der Waals surface area contributed by atoms with Crippen LogP contribution in [0.15, 0.2) is 0 Å². The highest BCUT2D eigenvalue weighted by Crippen LogP contribution is 2.49. The Balaban J connectivity index is 1.74. The fraction of sp³-hybridized carbons (Fsp3) is 1.00. The molecule has 2 aliphatic carbocycles. The van der Waals surface area contributed by atoms with Crippen LogP contribution in [-0.4, -0.2) is 29.6 Å². The second-order valence-corrected chi connectivity index (χ2v) is 5.26. The summed E-state index contributed by atoms with van der Waals surface area (Å²) in [6.07, 6.45) is 8.26. The van der Waals surface area contributed by atoms with Crippen molar-refractivity contribution in [3.05, 3.63) is 0 Å². The summed E-state index contributed by atoms with van der Waals surface area (Å²) in [5.41, 5.74) is 6.61. The van der Waals surface area contributed by atoms with Gasteiger partial charge < -0.3 is 5.73 Å². The van der Waals surface area contributed by atoms with E-state index in [1.807, 2.05) is 0 Å². The molecule has 3 fully saturated rings. The van der Waals surface area contributed by atoms with Crippen molar-refractivity contribution in [2.24, 2.45) is 11.7 Å². The van der Waals surface area contributed by atoms with E-state index in [1.165, 1.54) is 51.6 Å². The second kappa shape index (κ2) is 2.71. The molecule has 1 unspecified atom stereocenters. The highest BCUT2D eigenvalue weighted by molar-refractivity contribution is 5.13. The van der Waals surface area contributed by atoms with Crippen LogP contribution < -0.4 is 5.73 Å². The standard InChI is InChI=1S/C11H20N2/c12-11(5-6-11)10(9-3-4-9)13-7-1-2-8-13/h9-10H,1-8,12H2. The Bertz CT molecular complexity index is 200. The van der Waals surface area contributed by atoms with Crippen LogP contribution in [0.1, 0.15) is 38.5 Å². The SMILES string of the molecule is NC1(C(C2CC2)N2CCCC2)CC1. The summed E-state index contributed by atoms with van der Waals surface area (Å²) >= 11 is 0. The second-order valence-electron chi connectivity index (χ2n) is 5.26. The van der Waals surface area contributed by atoms with Crippen LogP contribution in [0.2, 0.25) is 0 Å². The summed E-state index contributed by atoms with van der Waals surface area (Å²) in [7, 11) is 0. The molecule has 0 spiro atoms. The van der Waals surface area contributed by atoms with Crippen molar-refractivity contribution in [3.63, 3.8) is 0 Å². The predicted molar refractivity (Wildman–Crippen MR) is 53.5 cm³/mol. The Morgan fingerprint density at radius 2 is 1.77 bits per heavy atom. The minimum Gasteiger partial charge on any atom is -0.324 e. The molecule has 1 heterocycles. The highest BCUT2D eigenvalue weighted by Gasteiger charge is 2.54. The molecule has 2 nitrogen and oxygen atoms in total. The molecule has 0 aromatic carbocycles. The summed E-state index contributed by atoms with van der Waals surface area (Å²) in [5, 5.41) is 0. The third-order valence-corrected chi connectivity index (χ3v) is 4.02. The maximum atomic E-state index is 6.37. The topological polar surface area (TPSA) is 29.3 Å². The Hall–Kier alpha value is -0.0800. The molecule has 0 radical (unpaired) electrons. The van der Waals surface area contributed by atoms with Crippen molar-refractivity contribution in [1.82, 2.24) is 4.90 Å². The number of rotatable bonds is 3. The number of nitrogens with two attached hydrogens (primary N) is 1. The summed E-state index contributed by atoms with van der Waals surface area (Å²) in [6, 6.07) is 0.759. The average Bonchev–Trinajstić information content (AvgIpc) is 2.98. The third kappa shape index (κ3) is 1.40. The number of nitrogens with zero attached hydrogens (tertiary/aromatic N) is 1. The quantitative estimate of drug-likeness (QED) is 0.710. The molecule has 13 heavy (non-hydrogen) atoms. The molecule has 3 aliphatic rings. The monoisotopic (exact) mass is 180 g/mol. The van der Waals surface area contributed by atoms with Gasteiger partial charge in [-0.2, -0.15) is 0 Å². The van der Waals surface area contributed by atoms with Crippen LogP contribution >= 0.6 is 0 Å². The fourth-order valence-corrected chi connectivity index (χ4v) is 3.00. The van der Waals surface area contributed by atoms with Gasteiger partial charge in [-0.15, -0.1) is 0 Å². The van der Waals surface area contributed by atoms with Crippen LogP contribution in [-0.2, 0) is 0 Å². The molecule has 1 saturated heterocycles. The third-order valence-electron chi connectivity index (χ3n) is 4.02. The molecule has 0 aromatic rings. The van der Waals surface area contributed by atoms with Crippen molar-refractivity contribution in [1.29, 1.82) is 0 Å². The largest absolute Gasteiger partial charge is 0.324 e. The molecule has 2 N–H and O–H groups in total. The maximum Gasteiger partial charge on any atom is 0.0316 e. The molecular formula is C11H20N2. The lowest BCUT2D eigenvalue weighted by atomic mass is 10.0. The fourth-order valence-electron chi connectivity index (χ4n) is 3.00. The maximum absolute atomic E-state index is 6.37. The number of hydrogen-bond donors (Lipinski definition) is 1. The lowest BCUT2D eigenvalue weighted by molar-refractivity contribution is 0.177. The van der Waals surface area contributed by atoms with Crippen molar-refractivity contribution >= 4 is 0 Å². The van der Waals surface area contributed by atoms with Crippen LogP contribution in [0, 0.1) is 5.92 Å². The van der Waals surface area contributed by atoms with Crippen molar-refractivity contribution in [2.75, 3.05) is 13.1 Å². The lowest BCUT2D eigenvalue weighted by Crippen LogP contribution is -2.50. The van der Waals surface area contributed by atoms with Crippen LogP contribution in [0.25, 0.3) is 0 Å². The van der Waals surface area contributed by atoms with E-state index in [2.05, 4.69) is 4.90 Å². The normalized spacial score (nSPS) is 34.8. The first-order chi connectivity index (χ1) is 6.30. The first-order valence-corrected chi connectivity index (χ1v) is 5.82. The molecule has 1 aliphatic heterocycles. The van der Waals surface area contributed by atoms with E-state index in [9.17, 15) is 0 Å². The molecule has 1 atom stereocenters. The van der Waals surface area contributed by atoms with Gasteiger partial charge in [0, 0.05) is 11.6 Å². The van der Waals surface area contributed by atoms with Gasteiger partial charge in [0.15, 0.2) is 0 Å². The van der Waals surface area contributed by atoms with Crippen molar-refractivity contribution in [2.45, 2.75) is 50.1 Å². The van der Waals surface area contributed by atoms with Gasteiger partial charge in [-0.3, -0.25) is 4.90 Å². The molecule has 74 valence electrons. The molecule has 2 heteroatoms. The summed E-state index contributed by atoms with van der Waals surface area (Å²) < 4.78 is 0. The Kier molecular flexibility index (Phi) is 1.72. The first kappa shape index (κ1) is 8.25. The zero-order valence-corrected chi connectivity index (χ0v) is 8.34. The van der Waals surface area contributed by atoms with Gasteiger partial charge in [0.25, 0.3) is 0 Å². The molecule has 0 aromatic heterocycles. The predicted octanol–water partition coefficient (Wildman–Crippen LogP) is 1.35. The van der Waals surface area contributed by atoms with Crippen LogP contribution in [0.3, 0.4) is 0 Å². The van der Waals surface area contributed by atoms with E-state index in [1.54, 1.807) is 0 Å². The van der Waals surface area contributed by atoms with E-state index < -0.39 is 0 Å². The first-order valence-electron chi connectivity index (χ1n) is 5.82. The van der Waals surface area contributed by atoms with Crippen LogP contribution in [0.5, 0.6) is 0 Å². The van der Waals surface area contributed by atoms with Gasteiger partial charge in [0.05, 0.1) is 0 Å². The van der Waals surface area contributed by atoms with E-state index in [0.717, 1.165) is 12.0 Å². The van der Waals surface area contributed by atoms with Gasteiger partial charge in [0.1, 0.15) is 0 Å². The van der Waals surface area contributed by atoms with E-state index in [-0.39, 0.29) is 5.54 Å². The highest BCUT2D eigenvalue weighted by atomic mass is 15.2. The Morgan fingerprint density at radius 1 is 1.15 bits per heavy atom. The average molecular weight is 180 g/mol. The Morgan fingerprint density at radius 3 is 2.23 bits per heavy atom. The van der Waals surface area contributed by atoms with Crippen LogP contribution in [0.4, 0.5) is 0 Å². The zero-order chi connectivity index (χ0) is 8.89. The van der Waals surface area contributed by atoms with Gasteiger partial charge in [-0.1, -0.05) is 0 Å². The van der Waals surface area contributed by atoms with Crippen molar-refractivity contribution < 1.29 is 0 Å². The molecular weight excluding hydrogens is 160 g/mol. The molecule has 0 amide bonds. The van der Waals surface area contributed by atoms with E-state index in [0.29, 0.717) is 0 Å². The lowest BCUT2D eigenvalue weighted by Gasteiger charge is -2.32. The number of likely N-dealkylation sites (tertiary alicyclic amines) is 1. The molecule has 3 rings (SSSR count). The van der Waals surface area contributed by atoms with E-state index >= 15 is 0 Å². The van der Waals surface area contributed by atoms with Gasteiger partial charge in [0.2, 0.25) is 0 Å². The summed E-state index contributed by atoms with van der Waals surface area (Å²) in [6.45, 7) is 2.64. The molecule has 2 saturated carbocycles. The van der Waals surface area contributed by atoms with Gasteiger partial charge in [-0.25, -0.2) is 0 Å². The van der Waals surface area contributed by atoms with Gasteiger partial charge in [-0.05, 0) is 57.5 Å². The number of hydrogen-bond acceptors (Lipinski definition) is 2. The minimum absolute atomic E-state index is 0.242. The van der Waals surface area contributed by atoms with E-state index in [4.69, 9.17) is 5.73 Å². The molecule has 0 bridgehead atoms. The van der Waals surface area contributed by atoms with Crippen molar-refractivity contribution in [3.8, 4) is 0 Å². The zero-order valence-electron chi connectivity index (χ0n) is 8.34.